The molecule has 6 heteroatoms. The quantitative estimate of drug-likeness (QED) is 0.456. The first-order chi connectivity index (χ1) is 12.6. The zero-order valence-corrected chi connectivity index (χ0v) is 16.0. The number of nitrogens with two attached hydrogens (primary N) is 1. The Morgan fingerprint density at radius 3 is 2.69 bits per heavy atom. The first kappa shape index (κ1) is 17.4. The smallest absolute Gasteiger partial charge is 0.157 e. The highest BCUT2D eigenvalue weighted by Crippen LogP contribution is 2.38. The Bertz CT molecular complexity index is 1090. The molecule has 0 spiro atoms. The van der Waals surface area contributed by atoms with E-state index in [4.69, 9.17) is 33.9 Å². The molecular weight excluding hydrogens is 367 g/mol. The fraction of sp³-hybridized carbons (Fsp3) is 0.250. The highest BCUT2D eigenvalue weighted by molar-refractivity contribution is 6.45. The van der Waals surface area contributed by atoms with Gasteiger partial charge >= 0.3 is 0 Å². The van der Waals surface area contributed by atoms with Crippen LogP contribution in [0, 0.1) is 0 Å². The second-order valence-electron chi connectivity index (χ2n) is 6.49. The molecule has 0 atom stereocenters. The second kappa shape index (κ2) is 6.95. The third kappa shape index (κ3) is 2.78. The number of hydrogen-bond acceptors (Lipinski definition) is 2. The van der Waals surface area contributed by atoms with Crippen LogP contribution in [0.25, 0.3) is 33.5 Å². The van der Waals surface area contributed by atoms with E-state index >= 15 is 0 Å². The van der Waals surface area contributed by atoms with Crippen molar-refractivity contribution in [1.82, 2.24) is 14.5 Å². The molecule has 4 nitrogen and oxygen atoms in total. The number of hydrogen-bond donors (Lipinski definition) is 2. The zero-order valence-electron chi connectivity index (χ0n) is 14.5. The number of nitrogens with one attached hydrogen (secondary N) is 1. The van der Waals surface area contributed by atoms with Crippen LogP contribution >= 0.6 is 23.2 Å². The van der Waals surface area contributed by atoms with Gasteiger partial charge in [0.25, 0.3) is 0 Å². The minimum absolute atomic E-state index is 0.547. The van der Waals surface area contributed by atoms with Crippen molar-refractivity contribution in [2.24, 2.45) is 12.8 Å². The predicted octanol–water partition coefficient (Wildman–Crippen LogP) is 5.31. The van der Waals surface area contributed by atoms with Crippen LogP contribution in [-0.2, 0) is 13.5 Å². The Kier molecular flexibility index (Phi) is 4.65. The molecule has 134 valence electrons. The first-order valence-electron chi connectivity index (χ1n) is 8.72. The number of imidazole rings is 1. The Morgan fingerprint density at radius 2 is 1.92 bits per heavy atom. The van der Waals surface area contributed by atoms with Crippen molar-refractivity contribution in [3.8, 4) is 11.5 Å². The van der Waals surface area contributed by atoms with E-state index < -0.39 is 0 Å². The molecule has 0 unspecified atom stereocenters. The number of halogens is 2. The lowest BCUT2D eigenvalue weighted by Gasteiger charge is -2.05. The van der Waals surface area contributed by atoms with Gasteiger partial charge < -0.3 is 15.3 Å². The van der Waals surface area contributed by atoms with Crippen molar-refractivity contribution < 1.29 is 0 Å². The summed E-state index contributed by atoms with van der Waals surface area (Å²) in [5.74, 6) is 0.900. The van der Waals surface area contributed by atoms with Crippen LogP contribution in [0.4, 0.5) is 0 Å². The van der Waals surface area contributed by atoms with Crippen molar-refractivity contribution >= 4 is 45.1 Å². The number of nitrogens with zero attached hydrogens (tertiary/aromatic N) is 2. The topological polar surface area (TPSA) is 59.6 Å². The number of benzene rings is 2. The summed E-state index contributed by atoms with van der Waals surface area (Å²) in [6.45, 7) is 0.691. The molecule has 0 radical (unpaired) electrons. The van der Waals surface area contributed by atoms with Crippen LogP contribution in [0.5, 0.6) is 0 Å². The summed E-state index contributed by atoms with van der Waals surface area (Å²) in [6.07, 6.45) is 2.91. The third-order valence-electron chi connectivity index (χ3n) is 4.86. The summed E-state index contributed by atoms with van der Waals surface area (Å²) in [4.78, 5) is 8.34. The lowest BCUT2D eigenvalue weighted by atomic mass is 10.0. The van der Waals surface area contributed by atoms with Gasteiger partial charge in [-0.15, -0.1) is 0 Å². The lowest BCUT2D eigenvalue weighted by molar-refractivity contribution is 0.747. The SMILES string of the molecule is Cn1c(-c2[nH]c3c(Cl)c(Cl)ccc3c2CCCCN)nc2ccccc21. The molecule has 2 heterocycles. The molecule has 2 aromatic heterocycles. The van der Waals surface area contributed by atoms with Crippen LogP contribution in [0.2, 0.25) is 10.0 Å². The molecular formula is C20H20Cl2N4. The molecule has 0 aliphatic carbocycles. The summed E-state index contributed by atoms with van der Waals surface area (Å²) in [5.41, 5.74) is 10.8. The first-order valence-corrected chi connectivity index (χ1v) is 9.48. The molecule has 0 fully saturated rings. The molecule has 4 aromatic rings. The van der Waals surface area contributed by atoms with Gasteiger partial charge in [-0.25, -0.2) is 4.98 Å². The minimum atomic E-state index is 0.547. The van der Waals surface area contributed by atoms with Gasteiger partial charge in [0, 0.05) is 12.4 Å². The zero-order chi connectivity index (χ0) is 18.3. The number of fused-ring (bicyclic) bond motifs is 2. The van der Waals surface area contributed by atoms with E-state index in [2.05, 4.69) is 15.6 Å². The summed E-state index contributed by atoms with van der Waals surface area (Å²) in [5, 5.41) is 2.19. The summed E-state index contributed by atoms with van der Waals surface area (Å²) in [6, 6.07) is 12.0. The highest BCUT2D eigenvalue weighted by atomic mass is 35.5. The average Bonchev–Trinajstić information content (AvgIpc) is 3.17. The van der Waals surface area contributed by atoms with Crippen molar-refractivity contribution in [1.29, 1.82) is 0 Å². The number of H-pyrrole nitrogens is 1. The number of para-hydroxylation sites is 2. The van der Waals surface area contributed by atoms with E-state index in [9.17, 15) is 0 Å². The number of aromatic nitrogens is 3. The highest BCUT2D eigenvalue weighted by Gasteiger charge is 2.20. The maximum absolute atomic E-state index is 6.47. The van der Waals surface area contributed by atoms with Crippen LogP contribution in [-0.4, -0.2) is 21.1 Å². The molecule has 0 aliphatic rings. The fourth-order valence-corrected chi connectivity index (χ4v) is 3.89. The van der Waals surface area contributed by atoms with Crippen LogP contribution in [0.1, 0.15) is 18.4 Å². The van der Waals surface area contributed by atoms with Crippen molar-refractivity contribution in [3.63, 3.8) is 0 Å². The predicted molar refractivity (Wildman–Crippen MR) is 110 cm³/mol. The monoisotopic (exact) mass is 386 g/mol. The maximum atomic E-state index is 6.47. The van der Waals surface area contributed by atoms with Gasteiger partial charge in [0.05, 0.1) is 32.3 Å². The van der Waals surface area contributed by atoms with Gasteiger partial charge in [0.1, 0.15) is 0 Å². The molecule has 0 saturated carbocycles. The second-order valence-corrected chi connectivity index (χ2v) is 7.28. The molecule has 0 aliphatic heterocycles. The summed E-state index contributed by atoms with van der Waals surface area (Å²) < 4.78 is 2.11. The number of aromatic amines is 1. The van der Waals surface area contributed by atoms with E-state index in [0.29, 0.717) is 16.6 Å². The average molecular weight is 387 g/mol. The molecule has 0 saturated heterocycles. The lowest BCUT2D eigenvalue weighted by Crippen LogP contribution is -2.00. The Hall–Kier alpha value is -2.01. The third-order valence-corrected chi connectivity index (χ3v) is 5.67. The standard InChI is InChI=1S/C20H20Cl2N4/c1-26-16-8-3-2-7-15(16)24-20(26)19-12(6-4-5-11-23)13-9-10-14(21)17(22)18(13)25-19/h2-3,7-10,25H,4-6,11,23H2,1H3. The number of rotatable bonds is 5. The molecule has 3 N–H and O–H groups in total. The molecule has 0 bridgehead atoms. The number of aryl methyl sites for hydroxylation is 2. The van der Waals surface area contributed by atoms with E-state index in [1.807, 2.05) is 37.4 Å². The molecule has 4 rings (SSSR count). The van der Waals surface area contributed by atoms with Gasteiger partial charge in [-0.2, -0.15) is 0 Å². The van der Waals surface area contributed by atoms with Crippen LogP contribution < -0.4 is 5.73 Å². The maximum Gasteiger partial charge on any atom is 0.157 e. The minimum Gasteiger partial charge on any atom is -0.350 e. The van der Waals surface area contributed by atoms with Gasteiger partial charge in [0.2, 0.25) is 0 Å². The Morgan fingerprint density at radius 1 is 1.12 bits per heavy atom. The summed E-state index contributed by atoms with van der Waals surface area (Å²) >= 11 is 12.7. The van der Waals surface area contributed by atoms with Gasteiger partial charge in [-0.1, -0.05) is 41.4 Å². The largest absolute Gasteiger partial charge is 0.350 e. The Labute approximate surface area is 161 Å². The van der Waals surface area contributed by atoms with E-state index in [-0.39, 0.29) is 0 Å². The molecule has 2 aromatic carbocycles. The van der Waals surface area contributed by atoms with Crippen LogP contribution in [0.15, 0.2) is 36.4 Å². The fourth-order valence-electron chi connectivity index (χ4n) is 3.53. The van der Waals surface area contributed by atoms with Gasteiger partial charge in [0.15, 0.2) is 5.82 Å². The molecule has 0 amide bonds. The van der Waals surface area contributed by atoms with Crippen LogP contribution in [0.3, 0.4) is 0 Å². The van der Waals surface area contributed by atoms with E-state index in [1.54, 1.807) is 0 Å². The number of unbranched alkanes of at least 4 members (excludes halogenated alkanes) is 1. The van der Waals surface area contributed by atoms with Gasteiger partial charge in [-0.05, 0) is 49.6 Å². The van der Waals surface area contributed by atoms with Gasteiger partial charge in [-0.3, -0.25) is 0 Å². The van der Waals surface area contributed by atoms with Crippen molar-refractivity contribution in [3.05, 3.63) is 52.0 Å². The van der Waals surface area contributed by atoms with Crippen molar-refractivity contribution in [2.45, 2.75) is 19.3 Å². The summed E-state index contributed by atoms with van der Waals surface area (Å²) in [7, 11) is 2.04. The Balaban J connectivity index is 1.96. The van der Waals surface area contributed by atoms with E-state index in [0.717, 1.165) is 52.7 Å². The van der Waals surface area contributed by atoms with Crippen molar-refractivity contribution in [2.75, 3.05) is 6.54 Å². The normalized spacial score (nSPS) is 11.7. The molecule has 26 heavy (non-hydrogen) atoms. The van der Waals surface area contributed by atoms with E-state index in [1.165, 1.54) is 5.56 Å².